The van der Waals surface area contributed by atoms with Crippen molar-refractivity contribution in [1.82, 2.24) is 9.80 Å². The Bertz CT molecular complexity index is 443. The molecule has 0 unspecified atom stereocenters. The van der Waals surface area contributed by atoms with E-state index >= 15 is 0 Å². The van der Waals surface area contributed by atoms with Crippen LogP contribution in [0.4, 0.5) is 4.79 Å². The average molecular weight is 282 g/mol. The molecule has 0 saturated heterocycles. The SMILES string of the molecule is CCN(CC(=O)O)C(=O)N(Cc1ccsc1)C1CC1. The number of carboxylic acids is 1. The van der Waals surface area contributed by atoms with E-state index in [4.69, 9.17) is 5.11 Å². The fraction of sp³-hybridized carbons (Fsp3) is 0.538. The van der Waals surface area contributed by atoms with Crippen molar-refractivity contribution < 1.29 is 14.7 Å². The monoisotopic (exact) mass is 282 g/mol. The number of amides is 2. The summed E-state index contributed by atoms with van der Waals surface area (Å²) in [5, 5.41) is 12.9. The van der Waals surface area contributed by atoms with Crippen LogP contribution in [0.15, 0.2) is 16.8 Å². The van der Waals surface area contributed by atoms with Crippen molar-refractivity contribution >= 4 is 23.3 Å². The number of carbonyl (C=O) groups excluding carboxylic acids is 1. The molecule has 1 saturated carbocycles. The summed E-state index contributed by atoms with van der Waals surface area (Å²) < 4.78 is 0. The highest BCUT2D eigenvalue weighted by Gasteiger charge is 2.35. The molecular formula is C13H18N2O3S. The molecule has 1 N–H and O–H groups in total. The van der Waals surface area contributed by atoms with Crippen LogP contribution in [-0.4, -0.2) is 46.0 Å². The van der Waals surface area contributed by atoms with Crippen LogP contribution in [0.3, 0.4) is 0 Å². The minimum atomic E-state index is -0.971. The maximum atomic E-state index is 12.4. The van der Waals surface area contributed by atoms with E-state index in [0.29, 0.717) is 13.1 Å². The topological polar surface area (TPSA) is 60.9 Å². The molecule has 2 amide bonds. The third-order valence-electron chi connectivity index (χ3n) is 3.14. The minimum absolute atomic E-state index is 0.168. The molecule has 1 heterocycles. The quantitative estimate of drug-likeness (QED) is 0.870. The number of likely N-dealkylation sites (N-methyl/N-ethyl adjacent to an activating group) is 1. The van der Waals surface area contributed by atoms with Crippen molar-refractivity contribution in [2.45, 2.75) is 32.4 Å². The lowest BCUT2D eigenvalue weighted by atomic mass is 10.3. The third kappa shape index (κ3) is 3.70. The first-order valence-corrected chi connectivity index (χ1v) is 7.34. The van der Waals surface area contributed by atoms with Gasteiger partial charge >= 0.3 is 12.0 Å². The van der Waals surface area contributed by atoms with Crippen LogP contribution in [0.25, 0.3) is 0 Å². The van der Waals surface area contributed by atoms with E-state index in [0.717, 1.165) is 18.4 Å². The average Bonchev–Trinajstić information content (AvgIpc) is 3.09. The van der Waals surface area contributed by atoms with Gasteiger partial charge in [0.1, 0.15) is 6.54 Å². The second-order valence-electron chi connectivity index (χ2n) is 4.68. The standard InChI is InChI=1S/C13H18N2O3S/c1-2-14(8-12(16)17)13(18)15(11-3-4-11)7-10-5-6-19-9-10/h5-6,9,11H,2-4,7-8H2,1H3,(H,16,17). The van der Waals surface area contributed by atoms with Gasteiger partial charge in [-0.15, -0.1) is 0 Å². The molecular weight excluding hydrogens is 264 g/mol. The van der Waals surface area contributed by atoms with Crippen LogP contribution in [0.2, 0.25) is 0 Å². The number of nitrogens with zero attached hydrogens (tertiary/aromatic N) is 2. The number of hydrogen-bond acceptors (Lipinski definition) is 3. The molecule has 1 aliphatic carbocycles. The van der Waals surface area contributed by atoms with Gasteiger partial charge in [-0.2, -0.15) is 11.3 Å². The maximum Gasteiger partial charge on any atom is 0.323 e. The zero-order chi connectivity index (χ0) is 13.8. The summed E-state index contributed by atoms with van der Waals surface area (Å²) in [6, 6.07) is 2.11. The van der Waals surface area contributed by atoms with Gasteiger partial charge < -0.3 is 14.9 Å². The Morgan fingerprint density at radius 1 is 1.47 bits per heavy atom. The van der Waals surface area contributed by atoms with Crippen LogP contribution >= 0.6 is 11.3 Å². The first kappa shape index (κ1) is 13.9. The highest BCUT2D eigenvalue weighted by atomic mass is 32.1. The first-order valence-electron chi connectivity index (χ1n) is 6.40. The Morgan fingerprint density at radius 2 is 2.21 bits per heavy atom. The molecule has 0 aliphatic heterocycles. The molecule has 1 aromatic rings. The molecule has 5 nitrogen and oxygen atoms in total. The van der Waals surface area contributed by atoms with Gasteiger partial charge in [0.15, 0.2) is 0 Å². The van der Waals surface area contributed by atoms with E-state index in [2.05, 4.69) is 0 Å². The van der Waals surface area contributed by atoms with Gasteiger partial charge in [0.25, 0.3) is 0 Å². The molecule has 1 aliphatic rings. The summed E-state index contributed by atoms with van der Waals surface area (Å²) in [6.07, 6.45) is 2.03. The molecule has 2 rings (SSSR count). The third-order valence-corrected chi connectivity index (χ3v) is 3.88. The van der Waals surface area contributed by atoms with Crippen molar-refractivity contribution in [2.24, 2.45) is 0 Å². The predicted octanol–water partition coefficient (Wildman–Crippen LogP) is 2.24. The molecule has 1 aromatic heterocycles. The summed E-state index contributed by atoms with van der Waals surface area (Å²) in [5.41, 5.74) is 1.11. The van der Waals surface area contributed by atoms with Crippen molar-refractivity contribution in [3.8, 4) is 0 Å². The number of aliphatic carboxylic acids is 1. The Balaban J connectivity index is 2.05. The normalized spacial score (nSPS) is 14.2. The van der Waals surface area contributed by atoms with E-state index in [9.17, 15) is 9.59 Å². The number of urea groups is 1. The minimum Gasteiger partial charge on any atom is -0.480 e. The first-order chi connectivity index (χ1) is 9.11. The summed E-state index contributed by atoms with van der Waals surface area (Å²) >= 11 is 1.60. The second-order valence-corrected chi connectivity index (χ2v) is 5.46. The summed E-state index contributed by atoms with van der Waals surface area (Å²) in [5.74, 6) is -0.971. The molecule has 0 bridgehead atoms. The molecule has 0 radical (unpaired) electrons. The Labute approximate surface area is 116 Å². The van der Waals surface area contributed by atoms with E-state index in [-0.39, 0.29) is 18.6 Å². The van der Waals surface area contributed by atoms with Crippen LogP contribution in [0.5, 0.6) is 0 Å². The van der Waals surface area contributed by atoms with Gasteiger partial charge in [0.05, 0.1) is 0 Å². The predicted molar refractivity (Wildman–Crippen MR) is 73.2 cm³/mol. The zero-order valence-corrected chi connectivity index (χ0v) is 11.7. The smallest absolute Gasteiger partial charge is 0.323 e. The summed E-state index contributed by atoms with van der Waals surface area (Å²) in [6.45, 7) is 2.56. The summed E-state index contributed by atoms with van der Waals surface area (Å²) in [7, 11) is 0. The van der Waals surface area contributed by atoms with Crippen molar-refractivity contribution in [3.63, 3.8) is 0 Å². The summed E-state index contributed by atoms with van der Waals surface area (Å²) in [4.78, 5) is 26.4. The second kappa shape index (κ2) is 6.06. The van der Waals surface area contributed by atoms with Gasteiger partial charge in [0, 0.05) is 19.1 Å². The molecule has 0 aromatic carbocycles. The van der Waals surface area contributed by atoms with Crippen LogP contribution in [0, 0.1) is 0 Å². The number of hydrogen-bond donors (Lipinski definition) is 1. The molecule has 1 fully saturated rings. The molecule has 104 valence electrons. The highest BCUT2D eigenvalue weighted by Crippen LogP contribution is 2.29. The Hall–Kier alpha value is -1.56. The lowest BCUT2D eigenvalue weighted by Crippen LogP contribution is -2.45. The molecule has 6 heteroatoms. The van der Waals surface area contributed by atoms with Crippen LogP contribution < -0.4 is 0 Å². The molecule has 0 atom stereocenters. The molecule has 19 heavy (non-hydrogen) atoms. The largest absolute Gasteiger partial charge is 0.480 e. The van der Waals surface area contributed by atoms with E-state index < -0.39 is 5.97 Å². The van der Waals surface area contributed by atoms with Gasteiger partial charge in [-0.3, -0.25) is 4.79 Å². The van der Waals surface area contributed by atoms with Gasteiger partial charge in [-0.1, -0.05) is 0 Å². The van der Waals surface area contributed by atoms with Gasteiger partial charge in [-0.05, 0) is 42.2 Å². The fourth-order valence-corrected chi connectivity index (χ4v) is 2.64. The van der Waals surface area contributed by atoms with Gasteiger partial charge in [0.2, 0.25) is 0 Å². The number of carboxylic acid groups (broad SMARTS) is 1. The Kier molecular flexibility index (Phi) is 4.42. The lowest BCUT2D eigenvalue weighted by molar-refractivity contribution is -0.137. The van der Waals surface area contributed by atoms with Crippen LogP contribution in [0.1, 0.15) is 25.3 Å². The number of carbonyl (C=O) groups is 2. The van der Waals surface area contributed by atoms with Crippen molar-refractivity contribution in [3.05, 3.63) is 22.4 Å². The zero-order valence-electron chi connectivity index (χ0n) is 10.9. The fourth-order valence-electron chi connectivity index (χ4n) is 1.98. The van der Waals surface area contributed by atoms with Crippen LogP contribution in [-0.2, 0) is 11.3 Å². The van der Waals surface area contributed by atoms with E-state index in [1.165, 1.54) is 4.90 Å². The Morgan fingerprint density at radius 3 is 2.68 bits per heavy atom. The number of thiophene rings is 1. The molecule has 0 spiro atoms. The lowest BCUT2D eigenvalue weighted by Gasteiger charge is -2.29. The number of rotatable bonds is 6. The van der Waals surface area contributed by atoms with E-state index in [1.54, 1.807) is 23.2 Å². The van der Waals surface area contributed by atoms with Crippen molar-refractivity contribution in [1.29, 1.82) is 0 Å². The highest BCUT2D eigenvalue weighted by molar-refractivity contribution is 7.07. The van der Waals surface area contributed by atoms with Gasteiger partial charge in [-0.25, -0.2) is 4.79 Å². The van der Waals surface area contributed by atoms with Crippen molar-refractivity contribution in [2.75, 3.05) is 13.1 Å². The maximum absolute atomic E-state index is 12.4. The van der Waals surface area contributed by atoms with E-state index in [1.807, 2.05) is 16.8 Å².